The standard InChI is InChI=1S/C24H24N8O3S/c33-20(17-5-2-1-3-6-17)29-23-28-19-16-26-22(30-21(19)36-23)32(10-9-31-11-13-35-14-12-31)24(34)27-18-7-4-8-25-15-18/h1-8,15-16H,9-14H2,(H,27,34)(H,28,29,33). The van der Waals surface area contributed by atoms with Crippen LogP contribution < -0.4 is 15.5 Å². The van der Waals surface area contributed by atoms with Gasteiger partial charge in [-0.15, -0.1) is 0 Å². The number of carbonyl (C=O) groups excluding carboxylic acids is 2. The third kappa shape index (κ3) is 5.79. The number of morpholine rings is 1. The number of aromatic nitrogens is 4. The van der Waals surface area contributed by atoms with Crippen LogP contribution in [0.2, 0.25) is 0 Å². The maximum Gasteiger partial charge on any atom is 0.328 e. The summed E-state index contributed by atoms with van der Waals surface area (Å²) in [6.45, 7) is 3.97. The van der Waals surface area contributed by atoms with E-state index in [0.29, 0.717) is 53.0 Å². The van der Waals surface area contributed by atoms with E-state index in [0.717, 1.165) is 13.1 Å². The average molecular weight is 505 g/mol. The Labute approximate surface area is 211 Å². The molecule has 0 radical (unpaired) electrons. The lowest BCUT2D eigenvalue weighted by atomic mass is 10.2. The van der Waals surface area contributed by atoms with Crippen LogP contribution in [0.4, 0.5) is 21.6 Å². The number of fused-ring (bicyclic) bond motifs is 1. The fourth-order valence-electron chi connectivity index (χ4n) is 3.66. The van der Waals surface area contributed by atoms with Crippen molar-refractivity contribution < 1.29 is 14.3 Å². The number of nitrogens with one attached hydrogen (secondary N) is 2. The molecule has 1 fully saturated rings. The molecule has 36 heavy (non-hydrogen) atoms. The Hall–Kier alpha value is -4.00. The summed E-state index contributed by atoms with van der Waals surface area (Å²) < 4.78 is 5.42. The Balaban J connectivity index is 1.36. The number of thiazole rings is 1. The van der Waals surface area contributed by atoms with Crippen LogP contribution in [-0.2, 0) is 4.74 Å². The Kier molecular flexibility index (Phi) is 7.36. The first-order valence-corrected chi connectivity index (χ1v) is 12.3. The lowest BCUT2D eigenvalue weighted by Gasteiger charge is -2.29. The summed E-state index contributed by atoms with van der Waals surface area (Å²) in [5.41, 5.74) is 1.64. The maximum atomic E-state index is 13.2. The SMILES string of the molecule is O=C(Nc1nc2cnc(N(CCN3CCOCC3)C(=O)Nc3cccnc3)nc2s1)c1ccccc1. The molecule has 1 aliphatic rings. The Morgan fingerprint density at radius 1 is 1.03 bits per heavy atom. The number of pyridine rings is 1. The van der Waals surface area contributed by atoms with Crippen LogP contribution in [0.15, 0.2) is 61.1 Å². The second kappa shape index (κ2) is 11.2. The molecule has 3 aromatic heterocycles. The molecule has 11 nitrogen and oxygen atoms in total. The van der Waals surface area contributed by atoms with E-state index in [-0.39, 0.29) is 17.9 Å². The minimum absolute atomic E-state index is 0.252. The summed E-state index contributed by atoms with van der Waals surface area (Å²) in [7, 11) is 0. The van der Waals surface area contributed by atoms with Gasteiger partial charge in [-0.25, -0.2) is 14.8 Å². The predicted molar refractivity (Wildman–Crippen MR) is 137 cm³/mol. The number of hydrogen-bond donors (Lipinski definition) is 2. The molecular formula is C24H24N8O3S. The van der Waals surface area contributed by atoms with Crippen molar-refractivity contribution >= 4 is 50.4 Å². The van der Waals surface area contributed by atoms with Gasteiger partial charge in [-0.2, -0.15) is 4.98 Å². The molecule has 3 amide bonds. The number of hydrogen-bond acceptors (Lipinski definition) is 9. The van der Waals surface area contributed by atoms with E-state index in [9.17, 15) is 9.59 Å². The lowest BCUT2D eigenvalue weighted by molar-refractivity contribution is 0.0393. The van der Waals surface area contributed by atoms with Gasteiger partial charge in [0.1, 0.15) is 5.52 Å². The van der Waals surface area contributed by atoms with Gasteiger partial charge in [0.25, 0.3) is 5.91 Å². The van der Waals surface area contributed by atoms with E-state index in [2.05, 4.69) is 35.5 Å². The number of benzene rings is 1. The van der Waals surface area contributed by atoms with Crippen molar-refractivity contribution in [1.29, 1.82) is 0 Å². The zero-order valence-electron chi connectivity index (χ0n) is 19.3. The molecule has 5 rings (SSSR count). The van der Waals surface area contributed by atoms with Gasteiger partial charge in [-0.3, -0.25) is 24.9 Å². The molecule has 184 valence electrons. The Bertz CT molecular complexity index is 1330. The minimum Gasteiger partial charge on any atom is -0.379 e. The largest absolute Gasteiger partial charge is 0.379 e. The van der Waals surface area contributed by atoms with E-state index < -0.39 is 0 Å². The monoisotopic (exact) mass is 504 g/mol. The van der Waals surface area contributed by atoms with Gasteiger partial charge >= 0.3 is 6.03 Å². The van der Waals surface area contributed by atoms with E-state index in [1.54, 1.807) is 55.0 Å². The zero-order chi connectivity index (χ0) is 24.7. The van der Waals surface area contributed by atoms with Crippen molar-refractivity contribution in [2.75, 3.05) is 54.9 Å². The van der Waals surface area contributed by atoms with Crippen LogP contribution in [0.3, 0.4) is 0 Å². The first-order chi connectivity index (χ1) is 17.7. The van der Waals surface area contributed by atoms with Gasteiger partial charge in [0.05, 0.1) is 31.3 Å². The van der Waals surface area contributed by atoms with Gasteiger partial charge in [0.2, 0.25) is 5.95 Å². The summed E-state index contributed by atoms with van der Waals surface area (Å²) in [4.78, 5) is 47.5. The fraction of sp³-hybridized carbons (Fsp3) is 0.250. The van der Waals surface area contributed by atoms with Gasteiger partial charge in [0, 0.05) is 37.9 Å². The minimum atomic E-state index is -0.363. The fourth-order valence-corrected chi connectivity index (χ4v) is 4.46. The molecule has 1 aromatic carbocycles. The Morgan fingerprint density at radius 2 is 1.86 bits per heavy atom. The first kappa shape index (κ1) is 23.7. The molecule has 2 N–H and O–H groups in total. The second-order valence-electron chi connectivity index (χ2n) is 7.98. The molecule has 0 unspecified atom stereocenters. The highest BCUT2D eigenvalue weighted by atomic mass is 32.1. The highest BCUT2D eigenvalue weighted by molar-refractivity contribution is 7.22. The van der Waals surface area contributed by atoms with Crippen LogP contribution in [0.25, 0.3) is 10.3 Å². The molecule has 4 aromatic rings. The van der Waals surface area contributed by atoms with Gasteiger partial charge in [-0.05, 0) is 24.3 Å². The predicted octanol–water partition coefficient (Wildman–Crippen LogP) is 3.10. The summed E-state index contributed by atoms with van der Waals surface area (Å²) in [6, 6.07) is 12.1. The average Bonchev–Trinajstić information content (AvgIpc) is 3.32. The third-order valence-electron chi connectivity index (χ3n) is 5.54. The van der Waals surface area contributed by atoms with Crippen molar-refractivity contribution in [3.05, 3.63) is 66.6 Å². The number of ether oxygens (including phenoxy) is 1. The quantitative estimate of drug-likeness (QED) is 0.393. The van der Waals surface area contributed by atoms with E-state index in [1.807, 2.05) is 6.07 Å². The molecule has 0 spiro atoms. The molecule has 0 aliphatic carbocycles. The summed E-state index contributed by atoms with van der Waals surface area (Å²) in [6.07, 6.45) is 4.78. The molecule has 0 bridgehead atoms. The molecule has 1 saturated heterocycles. The van der Waals surface area contributed by atoms with Crippen molar-refractivity contribution in [2.24, 2.45) is 0 Å². The van der Waals surface area contributed by atoms with Crippen LogP contribution in [0.5, 0.6) is 0 Å². The van der Waals surface area contributed by atoms with E-state index in [4.69, 9.17) is 4.74 Å². The summed E-state index contributed by atoms with van der Waals surface area (Å²) >= 11 is 1.22. The summed E-state index contributed by atoms with van der Waals surface area (Å²) in [5, 5.41) is 6.07. The zero-order valence-corrected chi connectivity index (χ0v) is 20.1. The third-order valence-corrected chi connectivity index (χ3v) is 6.42. The van der Waals surface area contributed by atoms with Gasteiger partial charge < -0.3 is 10.1 Å². The lowest BCUT2D eigenvalue weighted by Crippen LogP contribution is -2.45. The molecule has 1 aliphatic heterocycles. The van der Waals surface area contributed by atoms with Crippen molar-refractivity contribution in [3.63, 3.8) is 0 Å². The number of urea groups is 1. The number of anilines is 3. The molecule has 12 heteroatoms. The molecule has 4 heterocycles. The number of carbonyl (C=O) groups is 2. The van der Waals surface area contributed by atoms with Crippen LogP contribution in [0, 0.1) is 0 Å². The number of nitrogens with zero attached hydrogens (tertiary/aromatic N) is 6. The highest BCUT2D eigenvalue weighted by Gasteiger charge is 2.22. The normalized spacial score (nSPS) is 13.9. The molecule has 0 atom stereocenters. The van der Waals surface area contributed by atoms with Crippen LogP contribution >= 0.6 is 11.3 Å². The van der Waals surface area contributed by atoms with Crippen molar-refractivity contribution in [2.45, 2.75) is 0 Å². The maximum absolute atomic E-state index is 13.2. The van der Waals surface area contributed by atoms with Crippen molar-refractivity contribution in [3.8, 4) is 0 Å². The molecule has 0 saturated carbocycles. The van der Waals surface area contributed by atoms with Crippen LogP contribution in [-0.4, -0.2) is 76.2 Å². The van der Waals surface area contributed by atoms with Crippen LogP contribution in [0.1, 0.15) is 10.4 Å². The smallest absolute Gasteiger partial charge is 0.328 e. The Morgan fingerprint density at radius 3 is 2.64 bits per heavy atom. The number of amides is 3. The summed E-state index contributed by atoms with van der Waals surface area (Å²) in [5.74, 6) is -0.00689. The first-order valence-electron chi connectivity index (χ1n) is 11.4. The topological polar surface area (TPSA) is 125 Å². The highest BCUT2D eigenvalue weighted by Crippen LogP contribution is 2.26. The van der Waals surface area contributed by atoms with Crippen molar-refractivity contribution in [1.82, 2.24) is 24.8 Å². The molecular weight excluding hydrogens is 480 g/mol. The number of rotatable bonds is 7. The van der Waals surface area contributed by atoms with Gasteiger partial charge in [-0.1, -0.05) is 29.5 Å². The second-order valence-corrected chi connectivity index (χ2v) is 8.95. The van der Waals surface area contributed by atoms with Gasteiger partial charge in [0.15, 0.2) is 9.96 Å². The van der Waals surface area contributed by atoms with E-state index in [1.165, 1.54) is 16.2 Å². The van der Waals surface area contributed by atoms with E-state index >= 15 is 0 Å².